The molecule has 2 aromatic rings. The third-order valence-corrected chi connectivity index (χ3v) is 5.40. The number of aliphatic carboxylic acids is 1. The quantitative estimate of drug-likeness (QED) is 0.836. The molecule has 2 atom stereocenters. The highest BCUT2D eigenvalue weighted by Crippen LogP contribution is 2.30. The summed E-state index contributed by atoms with van der Waals surface area (Å²) in [4.78, 5) is 30.1. The van der Waals surface area contributed by atoms with Gasteiger partial charge in [0.25, 0.3) is 5.91 Å². The largest absolute Gasteiger partial charge is 0.481 e. The van der Waals surface area contributed by atoms with Crippen LogP contribution in [0, 0.1) is 12.8 Å². The van der Waals surface area contributed by atoms with Crippen molar-refractivity contribution in [3.8, 4) is 11.5 Å². The Morgan fingerprint density at radius 2 is 2.00 bits per heavy atom. The van der Waals surface area contributed by atoms with Crippen molar-refractivity contribution in [2.45, 2.75) is 32.7 Å². The van der Waals surface area contributed by atoms with Crippen LogP contribution in [0.2, 0.25) is 10.0 Å². The summed E-state index contributed by atoms with van der Waals surface area (Å²) < 4.78 is 5.64. The summed E-state index contributed by atoms with van der Waals surface area (Å²) >= 11 is 11.9. The number of hydrogen-bond donors (Lipinski definition) is 1. The first-order chi connectivity index (χ1) is 12.3. The third-order valence-electron chi connectivity index (χ3n) is 4.66. The monoisotopic (exact) mass is 396 g/mol. The van der Waals surface area contributed by atoms with Crippen LogP contribution in [-0.4, -0.2) is 39.5 Å². The van der Waals surface area contributed by atoms with Gasteiger partial charge in [-0.25, -0.2) is 4.98 Å². The van der Waals surface area contributed by atoms with E-state index in [1.807, 2.05) is 6.92 Å². The third kappa shape index (κ3) is 3.57. The van der Waals surface area contributed by atoms with E-state index < -0.39 is 11.9 Å². The van der Waals surface area contributed by atoms with E-state index in [2.05, 4.69) is 4.98 Å². The Bertz CT molecular complexity index is 865. The second-order valence-corrected chi connectivity index (χ2v) is 7.29. The summed E-state index contributed by atoms with van der Waals surface area (Å²) in [5.41, 5.74) is 0.792. The zero-order valence-electron chi connectivity index (χ0n) is 14.3. The molecule has 0 spiro atoms. The fourth-order valence-electron chi connectivity index (χ4n) is 3.08. The number of carbonyl (C=O) groups excluding carboxylic acids is 1. The van der Waals surface area contributed by atoms with Crippen LogP contribution in [0.1, 0.15) is 36.0 Å². The Kier molecular flexibility index (Phi) is 5.25. The minimum absolute atomic E-state index is 0.0531. The van der Waals surface area contributed by atoms with Gasteiger partial charge >= 0.3 is 5.97 Å². The average Bonchev–Trinajstić information content (AvgIpc) is 2.98. The van der Waals surface area contributed by atoms with Crippen molar-refractivity contribution >= 4 is 35.1 Å². The smallest absolute Gasteiger partial charge is 0.308 e. The highest BCUT2D eigenvalue weighted by atomic mass is 35.5. The van der Waals surface area contributed by atoms with Gasteiger partial charge in [0.2, 0.25) is 5.89 Å². The molecule has 0 radical (unpaired) electrons. The number of carboxylic acids is 1. The molecule has 1 N–H and O–H groups in total. The van der Waals surface area contributed by atoms with Crippen LogP contribution in [0.5, 0.6) is 0 Å². The molecule has 0 aliphatic carbocycles. The fourth-order valence-corrected chi connectivity index (χ4v) is 3.37. The molecule has 1 amide bonds. The molecule has 138 valence electrons. The Morgan fingerprint density at radius 1 is 1.27 bits per heavy atom. The van der Waals surface area contributed by atoms with Crippen LogP contribution >= 0.6 is 23.2 Å². The Morgan fingerprint density at radius 3 is 2.65 bits per heavy atom. The zero-order valence-corrected chi connectivity index (χ0v) is 15.8. The number of piperidine rings is 1. The Balaban J connectivity index is 1.89. The summed E-state index contributed by atoms with van der Waals surface area (Å²) in [6.07, 6.45) is 1.20. The highest BCUT2D eigenvalue weighted by Gasteiger charge is 2.35. The summed E-state index contributed by atoms with van der Waals surface area (Å²) in [6.45, 7) is 3.74. The van der Waals surface area contributed by atoms with Crippen molar-refractivity contribution in [2.75, 3.05) is 6.54 Å². The molecule has 1 aromatic carbocycles. The molecular formula is C18H18Cl2N2O4. The second-order valence-electron chi connectivity index (χ2n) is 6.47. The van der Waals surface area contributed by atoms with Gasteiger partial charge in [0.15, 0.2) is 5.69 Å². The first-order valence-corrected chi connectivity index (χ1v) is 9.00. The zero-order chi connectivity index (χ0) is 19.0. The van der Waals surface area contributed by atoms with E-state index >= 15 is 0 Å². The summed E-state index contributed by atoms with van der Waals surface area (Å²) in [6, 6.07) is 4.90. The number of halogens is 2. The molecular weight excluding hydrogens is 379 g/mol. The maximum absolute atomic E-state index is 12.9. The highest BCUT2D eigenvalue weighted by molar-refractivity contribution is 6.42. The van der Waals surface area contributed by atoms with Gasteiger partial charge in [0.05, 0.1) is 16.0 Å². The van der Waals surface area contributed by atoms with Crippen molar-refractivity contribution in [3.05, 3.63) is 39.7 Å². The van der Waals surface area contributed by atoms with E-state index in [1.165, 1.54) is 0 Å². The van der Waals surface area contributed by atoms with Crippen LogP contribution in [0.4, 0.5) is 0 Å². The topological polar surface area (TPSA) is 83.6 Å². The predicted molar refractivity (Wildman–Crippen MR) is 97.6 cm³/mol. The van der Waals surface area contributed by atoms with Gasteiger partial charge in [-0.15, -0.1) is 0 Å². The molecule has 3 rings (SSSR count). The number of benzene rings is 1. The van der Waals surface area contributed by atoms with E-state index in [1.54, 1.807) is 30.0 Å². The van der Waals surface area contributed by atoms with Crippen molar-refractivity contribution in [1.29, 1.82) is 0 Å². The summed E-state index contributed by atoms with van der Waals surface area (Å²) in [7, 11) is 0. The minimum atomic E-state index is -0.886. The molecule has 1 fully saturated rings. The molecule has 2 unspecified atom stereocenters. The standard InChI is InChI=1S/C18H18Cl2N2O4/c1-9-3-4-12(18(24)25)8-22(9)17(23)15-10(2)26-16(21-15)11-5-6-13(19)14(20)7-11/h5-7,9,12H,3-4,8H2,1-2H3,(H,24,25). The van der Waals surface area contributed by atoms with Crippen LogP contribution < -0.4 is 0 Å². The van der Waals surface area contributed by atoms with Gasteiger partial charge in [-0.1, -0.05) is 23.2 Å². The van der Waals surface area contributed by atoms with Crippen LogP contribution in [0.15, 0.2) is 22.6 Å². The summed E-state index contributed by atoms with van der Waals surface area (Å²) in [5, 5.41) is 10.0. The lowest BCUT2D eigenvalue weighted by molar-refractivity contribution is -0.143. The van der Waals surface area contributed by atoms with Gasteiger partial charge in [-0.3, -0.25) is 9.59 Å². The van der Waals surface area contributed by atoms with E-state index in [9.17, 15) is 14.7 Å². The lowest BCUT2D eigenvalue weighted by atomic mass is 9.93. The maximum atomic E-state index is 12.9. The second kappa shape index (κ2) is 7.29. The van der Waals surface area contributed by atoms with Crippen LogP contribution in [0.25, 0.3) is 11.5 Å². The van der Waals surface area contributed by atoms with Crippen LogP contribution in [-0.2, 0) is 4.79 Å². The van der Waals surface area contributed by atoms with Crippen molar-refractivity contribution in [2.24, 2.45) is 5.92 Å². The molecule has 1 saturated heterocycles. The van der Waals surface area contributed by atoms with Crippen LogP contribution in [0.3, 0.4) is 0 Å². The van der Waals surface area contributed by atoms with E-state index in [0.717, 1.165) is 0 Å². The lowest BCUT2D eigenvalue weighted by Crippen LogP contribution is -2.47. The Hall–Kier alpha value is -2.05. The normalized spacial score (nSPS) is 20.2. The number of carbonyl (C=O) groups is 2. The Labute approximate surface area is 160 Å². The number of hydrogen-bond acceptors (Lipinski definition) is 4. The van der Waals surface area contributed by atoms with Crippen molar-refractivity contribution < 1.29 is 19.1 Å². The lowest BCUT2D eigenvalue weighted by Gasteiger charge is -2.36. The number of rotatable bonds is 3. The number of aryl methyl sites for hydroxylation is 1. The first-order valence-electron chi connectivity index (χ1n) is 8.24. The average molecular weight is 397 g/mol. The van der Waals surface area contributed by atoms with Gasteiger partial charge in [-0.2, -0.15) is 0 Å². The SMILES string of the molecule is Cc1oc(-c2ccc(Cl)c(Cl)c2)nc1C(=O)N1CC(C(=O)O)CCC1C. The van der Waals surface area contributed by atoms with Crippen molar-refractivity contribution in [1.82, 2.24) is 9.88 Å². The number of oxazole rings is 1. The number of likely N-dealkylation sites (tertiary alicyclic amines) is 1. The molecule has 8 heteroatoms. The van der Waals surface area contributed by atoms with E-state index in [4.69, 9.17) is 27.6 Å². The number of aromatic nitrogens is 1. The molecule has 26 heavy (non-hydrogen) atoms. The van der Waals surface area contributed by atoms with Gasteiger partial charge < -0.3 is 14.4 Å². The molecule has 1 aliphatic heterocycles. The van der Waals surface area contributed by atoms with Gasteiger partial charge in [-0.05, 0) is 44.9 Å². The first kappa shape index (κ1) is 18.7. The minimum Gasteiger partial charge on any atom is -0.481 e. The maximum Gasteiger partial charge on any atom is 0.308 e. The number of carboxylic acid groups (broad SMARTS) is 1. The molecule has 0 bridgehead atoms. The fraction of sp³-hybridized carbons (Fsp3) is 0.389. The van der Waals surface area contributed by atoms with Gasteiger partial charge in [0, 0.05) is 18.2 Å². The molecule has 1 aromatic heterocycles. The molecule has 2 heterocycles. The van der Waals surface area contributed by atoms with Crippen molar-refractivity contribution in [3.63, 3.8) is 0 Å². The number of amides is 1. The molecule has 0 saturated carbocycles. The number of nitrogens with zero attached hydrogens (tertiary/aromatic N) is 2. The van der Waals surface area contributed by atoms with Gasteiger partial charge in [0.1, 0.15) is 5.76 Å². The summed E-state index contributed by atoms with van der Waals surface area (Å²) in [5.74, 6) is -1.12. The molecule has 1 aliphatic rings. The van der Waals surface area contributed by atoms with E-state index in [-0.39, 0.29) is 30.1 Å². The predicted octanol–water partition coefficient (Wildman–Crippen LogP) is 4.28. The van der Waals surface area contributed by atoms with E-state index in [0.29, 0.717) is 34.2 Å². The molecule has 6 nitrogen and oxygen atoms in total.